The van der Waals surface area contributed by atoms with Crippen molar-refractivity contribution in [1.82, 2.24) is 20.2 Å². The van der Waals surface area contributed by atoms with E-state index < -0.39 is 0 Å². The van der Waals surface area contributed by atoms with Crippen molar-refractivity contribution in [2.75, 3.05) is 31.6 Å². The van der Waals surface area contributed by atoms with Crippen LogP contribution in [0.3, 0.4) is 0 Å². The molecule has 0 saturated carbocycles. The molecule has 154 valence electrons. The fourth-order valence-corrected chi connectivity index (χ4v) is 3.25. The number of anilines is 1. The molecule has 2 amide bonds. The number of carbonyl (C=O) groups is 2. The minimum absolute atomic E-state index is 0.0219. The van der Waals surface area contributed by atoms with Crippen LogP contribution in [0, 0.1) is 0 Å². The summed E-state index contributed by atoms with van der Waals surface area (Å²) in [6.45, 7) is 3.99. The molecule has 8 heteroatoms. The average Bonchev–Trinajstić information content (AvgIpc) is 2.75. The number of nitrogens with zero attached hydrogens (tertiary/aromatic N) is 4. The van der Waals surface area contributed by atoms with Crippen LogP contribution >= 0.6 is 0 Å². The molecule has 1 aromatic carbocycles. The first-order valence-electron chi connectivity index (χ1n) is 9.86. The number of hydrogen-bond acceptors (Lipinski definition) is 6. The molecule has 1 aliphatic heterocycles. The molecule has 0 aliphatic carbocycles. The predicted molar refractivity (Wildman–Crippen MR) is 110 cm³/mol. The van der Waals surface area contributed by atoms with E-state index in [1.165, 1.54) is 0 Å². The average molecular weight is 397 g/mol. The van der Waals surface area contributed by atoms with Crippen LogP contribution in [0.5, 0.6) is 0 Å². The fourth-order valence-electron chi connectivity index (χ4n) is 3.25. The maximum atomic E-state index is 12.5. The monoisotopic (exact) mass is 397 g/mol. The maximum Gasteiger partial charge on any atom is 0.409 e. The van der Waals surface area contributed by atoms with Gasteiger partial charge in [0.1, 0.15) is 0 Å². The highest BCUT2D eigenvalue weighted by Gasteiger charge is 2.25. The van der Waals surface area contributed by atoms with Crippen molar-refractivity contribution < 1.29 is 14.3 Å². The molecule has 2 heterocycles. The molecule has 29 heavy (non-hydrogen) atoms. The zero-order valence-electron chi connectivity index (χ0n) is 16.9. The van der Waals surface area contributed by atoms with E-state index in [9.17, 15) is 9.59 Å². The van der Waals surface area contributed by atoms with Gasteiger partial charge in [-0.2, -0.15) is 0 Å². The van der Waals surface area contributed by atoms with Gasteiger partial charge >= 0.3 is 6.09 Å². The molecule has 2 aromatic rings. The summed E-state index contributed by atoms with van der Waals surface area (Å²) in [6, 6.07) is 10.1. The van der Waals surface area contributed by atoms with E-state index in [1.807, 2.05) is 42.3 Å². The molecule has 1 N–H and O–H groups in total. The van der Waals surface area contributed by atoms with Gasteiger partial charge in [0.05, 0.1) is 12.2 Å². The molecule has 0 bridgehead atoms. The van der Waals surface area contributed by atoms with Crippen LogP contribution in [0.1, 0.15) is 35.7 Å². The van der Waals surface area contributed by atoms with Gasteiger partial charge in [-0.3, -0.25) is 4.79 Å². The van der Waals surface area contributed by atoms with E-state index in [1.54, 1.807) is 24.2 Å². The lowest BCUT2D eigenvalue weighted by Crippen LogP contribution is -2.46. The summed E-state index contributed by atoms with van der Waals surface area (Å²) in [6.07, 6.45) is 4.20. The topological polar surface area (TPSA) is 87.7 Å². The molecular formula is C21H27N5O3. The Kier molecular flexibility index (Phi) is 6.99. The first-order chi connectivity index (χ1) is 14.1. The number of aromatic nitrogens is 2. The third kappa shape index (κ3) is 5.66. The third-order valence-electron chi connectivity index (χ3n) is 4.86. The number of rotatable bonds is 6. The second-order valence-corrected chi connectivity index (χ2v) is 7.05. The van der Waals surface area contributed by atoms with Gasteiger partial charge in [0.15, 0.2) is 0 Å². The molecule has 0 radical (unpaired) electrons. The Hall–Kier alpha value is -3.16. The zero-order chi connectivity index (χ0) is 20.6. The van der Waals surface area contributed by atoms with E-state index in [0.29, 0.717) is 50.6 Å². The van der Waals surface area contributed by atoms with Crippen molar-refractivity contribution in [3.8, 4) is 0 Å². The number of amides is 2. The zero-order valence-corrected chi connectivity index (χ0v) is 16.9. The Morgan fingerprint density at radius 2 is 1.83 bits per heavy atom. The Labute approximate surface area is 170 Å². The third-order valence-corrected chi connectivity index (χ3v) is 4.86. The molecule has 1 fully saturated rings. The van der Waals surface area contributed by atoms with Crippen molar-refractivity contribution in [3.05, 3.63) is 53.9 Å². The van der Waals surface area contributed by atoms with Crippen molar-refractivity contribution in [2.24, 2.45) is 0 Å². The highest BCUT2D eigenvalue weighted by molar-refractivity contribution is 5.93. The van der Waals surface area contributed by atoms with Gasteiger partial charge in [-0.1, -0.05) is 30.3 Å². The SMILES string of the molecule is CCOC(=O)N1CCC(NC(=O)c2cnc(N(C)Cc3ccccc3)nc2)CC1. The second-order valence-electron chi connectivity index (χ2n) is 7.05. The van der Waals surface area contributed by atoms with Crippen LogP contribution in [0.25, 0.3) is 0 Å². The fraction of sp³-hybridized carbons (Fsp3) is 0.429. The van der Waals surface area contributed by atoms with Gasteiger partial charge in [-0.15, -0.1) is 0 Å². The lowest BCUT2D eigenvalue weighted by molar-refractivity contribution is 0.0859. The Morgan fingerprint density at radius 3 is 2.45 bits per heavy atom. The summed E-state index contributed by atoms with van der Waals surface area (Å²) in [5, 5.41) is 3.00. The van der Waals surface area contributed by atoms with Crippen molar-refractivity contribution >= 4 is 17.9 Å². The summed E-state index contributed by atoms with van der Waals surface area (Å²) in [4.78, 5) is 36.5. The van der Waals surface area contributed by atoms with Crippen molar-refractivity contribution in [2.45, 2.75) is 32.4 Å². The van der Waals surface area contributed by atoms with E-state index in [2.05, 4.69) is 15.3 Å². The minimum atomic E-state index is -0.291. The Morgan fingerprint density at radius 1 is 1.17 bits per heavy atom. The van der Waals surface area contributed by atoms with Crippen molar-refractivity contribution in [1.29, 1.82) is 0 Å². The highest BCUT2D eigenvalue weighted by atomic mass is 16.6. The highest BCUT2D eigenvalue weighted by Crippen LogP contribution is 2.13. The molecule has 0 unspecified atom stereocenters. The number of benzene rings is 1. The van der Waals surface area contributed by atoms with Gasteiger partial charge in [0.2, 0.25) is 5.95 Å². The number of nitrogens with one attached hydrogen (secondary N) is 1. The van der Waals surface area contributed by atoms with E-state index in [-0.39, 0.29) is 18.0 Å². The summed E-state index contributed by atoms with van der Waals surface area (Å²) in [7, 11) is 1.92. The van der Waals surface area contributed by atoms with Crippen LogP contribution < -0.4 is 10.2 Å². The standard InChI is InChI=1S/C21H27N5O3/c1-3-29-21(28)26-11-9-18(10-12-26)24-19(27)17-13-22-20(23-14-17)25(2)15-16-7-5-4-6-8-16/h4-8,13-14,18H,3,9-12,15H2,1-2H3,(H,24,27). The van der Waals surface area contributed by atoms with E-state index in [0.717, 1.165) is 5.56 Å². The number of carbonyl (C=O) groups excluding carboxylic acids is 2. The largest absolute Gasteiger partial charge is 0.450 e. The smallest absolute Gasteiger partial charge is 0.409 e. The molecule has 1 aromatic heterocycles. The molecule has 0 atom stereocenters. The molecule has 8 nitrogen and oxygen atoms in total. The number of likely N-dealkylation sites (tertiary alicyclic amines) is 1. The number of piperidine rings is 1. The molecule has 1 saturated heterocycles. The number of hydrogen-bond donors (Lipinski definition) is 1. The quantitative estimate of drug-likeness (QED) is 0.806. The summed E-state index contributed by atoms with van der Waals surface area (Å²) in [5.41, 5.74) is 1.59. The van der Waals surface area contributed by atoms with Gasteiger partial charge in [0, 0.05) is 45.1 Å². The minimum Gasteiger partial charge on any atom is -0.450 e. The van der Waals surface area contributed by atoms with Crippen LogP contribution in [-0.4, -0.2) is 59.7 Å². The molecule has 1 aliphatic rings. The Bertz CT molecular complexity index is 805. The van der Waals surface area contributed by atoms with Crippen molar-refractivity contribution in [3.63, 3.8) is 0 Å². The maximum absolute atomic E-state index is 12.5. The van der Waals surface area contributed by atoms with Gasteiger partial charge in [-0.05, 0) is 25.3 Å². The van der Waals surface area contributed by atoms with Crippen LogP contribution in [0.4, 0.5) is 10.7 Å². The van der Waals surface area contributed by atoms with Crippen LogP contribution in [-0.2, 0) is 11.3 Å². The predicted octanol–water partition coefficient (Wildman–Crippen LogP) is 2.46. The summed E-state index contributed by atoms with van der Waals surface area (Å²) >= 11 is 0. The van der Waals surface area contributed by atoms with E-state index in [4.69, 9.17) is 4.74 Å². The molecular weight excluding hydrogens is 370 g/mol. The molecule has 3 rings (SSSR count). The molecule has 0 spiro atoms. The first-order valence-corrected chi connectivity index (χ1v) is 9.86. The van der Waals surface area contributed by atoms with Gasteiger partial charge in [-0.25, -0.2) is 14.8 Å². The van der Waals surface area contributed by atoms with Gasteiger partial charge < -0.3 is 19.9 Å². The number of ether oxygens (including phenoxy) is 1. The van der Waals surface area contributed by atoms with E-state index >= 15 is 0 Å². The lowest BCUT2D eigenvalue weighted by Gasteiger charge is -2.31. The second kappa shape index (κ2) is 9.86. The van der Waals surface area contributed by atoms with Gasteiger partial charge in [0.25, 0.3) is 5.91 Å². The summed E-state index contributed by atoms with van der Waals surface area (Å²) in [5.74, 6) is 0.366. The first kappa shape index (κ1) is 20.6. The summed E-state index contributed by atoms with van der Waals surface area (Å²) < 4.78 is 5.01. The lowest BCUT2D eigenvalue weighted by atomic mass is 10.1. The normalized spacial score (nSPS) is 14.3. The Balaban J connectivity index is 1.50. The van der Waals surface area contributed by atoms with Crippen LogP contribution in [0.2, 0.25) is 0 Å². The van der Waals surface area contributed by atoms with Crippen LogP contribution in [0.15, 0.2) is 42.7 Å².